The minimum Gasteiger partial charge on any atom is -0.385 e. The molecule has 1 unspecified atom stereocenters. The Morgan fingerprint density at radius 3 is 1.98 bits per heavy atom. The van der Waals surface area contributed by atoms with Gasteiger partial charge in [0.1, 0.15) is 11.5 Å². The van der Waals surface area contributed by atoms with Gasteiger partial charge in [0.05, 0.1) is 11.7 Å². The summed E-state index contributed by atoms with van der Waals surface area (Å²) >= 11 is 0. The second-order valence-corrected chi connectivity index (χ2v) is 16.4. The molecule has 1 atom stereocenters. The standard InChI is InChI=1S/C40H66N4.C2H6/c1-28(2)21-25-41-32(9)35-14-16-36(17-15-35)37(20-22-39(11,12)13)44-33(10)38(43(26-29(3)4)27-30(5)6)42-40(44)23-18-34(19-24-40)31(7)8;1-2/h14-17,29-31,34,37,41H,1,9-10,18-27H2,2-8,11-13H3;1-2H3. The molecular weight excluding hydrogens is 560 g/mol. The van der Waals surface area contributed by atoms with Crippen LogP contribution in [-0.4, -0.2) is 40.9 Å². The lowest BCUT2D eigenvalue weighted by atomic mass is 9.75. The lowest BCUT2D eigenvalue weighted by molar-refractivity contribution is 0.0394. The average Bonchev–Trinajstić information content (AvgIpc) is 3.24. The quantitative estimate of drug-likeness (QED) is 0.207. The van der Waals surface area contributed by atoms with Crippen LogP contribution in [0.25, 0.3) is 5.70 Å². The molecule has 0 amide bonds. The summed E-state index contributed by atoms with van der Waals surface area (Å²) in [4.78, 5) is 11.0. The van der Waals surface area contributed by atoms with Gasteiger partial charge in [0.25, 0.3) is 0 Å². The zero-order chi connectivity index (χ0) is 34.8. The summed E-state index contributed by atoms with van der Waals surface area (Å²) in [6.07, 6.45) is 7.83. The summed E-state index contributed by atoms with van der Waals surface area (Å²) < 4.78 is 0. The van der Waals surface area contributed by atoms with Crippen molar-refractivity contribution < 1.29 is 0 Å². The smallest absolute Gasteiger partial charge is 0.149 e. The van der Waals surface area contributed by atoms with Crippen LogP contribution in [0.15, 0.2) is 60.3 Å². The Labute approximate surface area is 285 Å². The molecule has 1 spiro atoms. The van der Waals surface area contributed by atoms with Gasteiger partial charge in [-0.3, -0.25) is 0 Å². The Kier molecular flexibility index (Phi) is 15.2. The third-order valence-electron chi connectivity index (χ3n) is 9.57. The third kappa shape index (κ3) is 11.1. The van der Waals surface area contributed by atoms with Crippen LogP contribution in [0.1, 0.15) is 145 Å². The molecule has 0 radical (unpaired) electrons. The van der Waals surface area contributed by atoms with Crippen molar-refractivity contribution in [2.45, 2.75) is 140 Å². The molecule has 1 aliphatic heterocycles. The van der Waals surface area contributed by atoms with Crippen LogP contribution in [0.3, 0.4) is 0 Å². The fourth-order valence-electron chi connectivity index (χ4n) is 7.11. The Morgan fingerprint density at radius 1 is 0.978 bits per heavy atom. The Bertz CT molecular complexity index is 1130. The van der Waals surface area contributed by atoms with Gasteiger partial charge in [-0.15, -0.1) is 6.58 Å². The van der Waals surface area contributed by atoms with Gasteiger partial charge in [-0.1, -0.05) is 119 Å². The molecule has 1 aromatic carbocycles. The lowest BCUT2D eigenvalue weighted by Gasteiger charge is -2.48. The summed E-state index contributed by atoms with van der Waals surface area (Å²) in [5.41, 5.74) is 5.81. The molecule has 1 fully saturated rings. The van der Waals surface area contributed by atoms with Crippen LogP contribution in [0, 0.1) is 29.1 Å². The summed E-state index contributed by atoms with van der Waals surface area (Å²) in [5.74, 6) is 3.75. The summed E-state index contributed by atoms with van der Waals surface area (Å²) in [7, 11) is 0. The van der Waals surface area contributed by atoms with Crippen LogP contribution in [0.4, 0.5) is 0 Å². The van der Waals surface area contributed by atoms with Gasteiger partial charge in [0, 0.05) is 25.3 Å². The van der Waals surface area contributed by atoms with Gasteiger partial charge in [0.15, 0.2) is 0 Å². The third-order valence-corrected chi connectivity index (χ3v) is 9.57. The van der Waals surface area contributed by atoms with E-state index in [0.717, 1.165) is 80.4 Å². The summed E-state index contributed by atoms with van der Waals surface area (Å²) in [5, 5.41) is 3.49. The number of benzene rings is 1. The van der Waals surface area contributed by atoms with Crippen LogP contribution in [0.5, 0.6) is 0 Å². The summed E-state index contributed by atoms with van der Waals surface area (Å²) in [6.45, 7) is 43.4. The SMILES string of the molecule is C=C(C)CCNC(=C)c1ccc(C(CCC(C)(C)C)N2C(=C)C(N(CC(C)C)CC(C)C)=NC23CCC(C(C)C)CC3)cc1.CC. The van der Waals surface area contributed by atoms with E-state index in [4.69, 9.17) is 11.6 Å². The molecule has 1 heterocycles. The Hall–Kier alpha value is -2.49. The minimum absolute atomic E-state index is 0.220. The van der Waals surface area contributed by atoms with E-state index in [1.165, 1.54) is 24.0 Å². The van der Waals surface area contributed by atoms with Gasteiger partial charge in [-0.2, -0.15) is 0 Å². The first kappa shape index (κ1) is 39.7. The van der Waals surface area contributed by atoms with E-state index in [2.05, 4.69) is 122 Å². The number of nitrogens with one attached hydrogen (secondary N) is 1. The van der Waals surface area contributed by atoms with Gasteiger partial charge in [0.2, 0.25) is 0 Å². The second kappa shape index (κ2) is 17.6. The highest BCUT2D eigenvalue weighted by molar-refractivity contribution is 5.99. The highest BCUT2D eigenvalue weighted by Gasteiger charge is 2.50. The fraction of sp³-hybridized carbons (Fsp3) is 0.690. The normalized spacial score (nSPS) is 20.6. The molecule has 1 N–H and O–H groups in total. The zero-order valence-electron chi connectivity index (χ0n) is 32.2. The molecule has 46 heavy (non-hydrogen) atoms. The molecule has 4 nitrogen and oxygen atoms in total. The van der Waals surface area contributed by atoms with E-state index in [9.17, 15) is 0 Å². The number of nitrogens with zero attached hydrogens (tertiary/aromatic N) is 3. The van der Waals surface area contributed by atoms with Crippen molar-refractivity contribution in [2.75, 3.05) is 19.6 Å². The second-order valence-electron chi connectivity index (χ2n) is 16.4. The van der Waals surface area contributed by atoms with Crippen molar-refractivity contribution in [2.24, 2.45) is 34.1 Å². The molecule has 2 aliphatic rings. The first-order valence-electron chi connectivity index (χ1n) is 18.5. The average molecular weight is 633 g/mol. The Balaban J connectivity index is 0.00000361. The van der Waals surface area contributed by atoms with Crippen molar-refractivity contribution in [1.82, 2.24) is 15.1 Å². The van der Waals surface area contributed by atoms with Gasteiger partial charge < -0.3 is 15.1 Å². The maximum Gasteiger partial charge on any atom is 0.149 e. The monoisotopic (exact) mass is 633 g/mol. The van der Waals surface area contributed by atoms with Crippen molar-refractivity contribution in [3.05, 3.63) is 66.4 Å². The molecule has 4 heteroatoms. The lowest BCUT2D eigenvalue weighted by Crippen LogP contribution is -2.48. The molecule has 0 saturated heterocycles. The number of amidine groups is 1. The molecule has 1 saturated carbocycles. The largest absolute Gasteiger partial charge is 0.385 e. The van der Waals surface area contributed by atoms with Crippen molar-refractivity contribution in [1.29, 1.82) is 0 Å². The van der Waals surface area contributed by atoms with E-state index in [1.54, 1.807) is 0 Å². The van der Waals surface area contributed by atoms with Gasteiger partial charge in [-0.05, 0) is 92.1 Å². The number of hydrogen-bond donors (Lipinski definition) is 1. The van der Waals surface area contributed by atoms with Crippen LogP contribution in [-0.2, 0) is 0 Å². The van der Waals surface area contributed by atoms with E-state index in [-0.39, 0.29) is 17.1 Å². The highest BCUT2D eigenvalue weighted by Crippen LogP contribution is 2.50. The molecule has 0 bridgehead atoms. The molecular formula is C42H72N4. The van der Waals surface area contributed by atoms with Crippen LogP contribution >= 0.6 is 0 Å². The summed E-state index contributed by atoms with van der Waals surface area (Å²) in [6, 6.07) is 9.40. The number of aliphatic imine (C=N–C) groups is 1. The molecule has 3 rings (SSSR count). The fourth-order valence-corrected chi connectivity index (χ4v) is 7.11. The minimum atomic E-state index is -0.223. The first-order valence-corrected chi connectivity index (χ1v) is 18.5. The van der Waals surface area contributed by atoms with Gasteiger partial charge >= 0.3 is 0 Å². The number of rotatable bonds is 14. The number of hydrogen-bond acceptors (Lipinski definition) is 4. The van der Waals surface area contributed by atoms with Crippen molar-refractivity contribution in [3.63, 3.8) is 0 Å². The van der Waals surface area contributed by atoms with E-state index in [1.807, 2.05) is 13.8 Å². The topological polar surface area (TPSA) is 30.9 Å². The van der Waals surface area contributed by atoms with Crippen molar-refractivity contribution in [3.8, 4) is 0 Å². The van der Waals surface area contributed by atoms with Crippen LogP contribution in [0.2, 0.25) is 0 Å². The van der Waals surface area contributed by atoms with Gasteiger partial charge in [-0.25, -0.2) is 4.99 Å². The van der Waals surface area contributed by atoms with Crippen molar-refractivity contribution >= 4 is 11.5 Å². The Morgan fingerprint density at radius 2 is 1.52 bits per heavy atom. The highest BCUT2D eigenvalue weighted by atomic mass is 15.4. The first-order chi connectivity index (χ1) is 21.5. The molecule has 1 aromatic rings. The predicted octanol–water partition coefficient (Wildman–Crippen LogP) is 11.5. The molecule has 0 aromatic heterocycles. The molecule has 260 valence electrons. The molecule has 1 aliphatic carbocycles. The van der Waals surface area contributed by atoms with Crippen LogP contribution < -0.4 is 5.32 Å². The predicted molar refractivity (Wildman–Crippen MR) is 205 cm³/mol. The van der Waals surface area contributed by atoms with E-state index < -0.39 is 0 Å². The maximum absolute atomic E-state index is 5.76. The van der Waals surface area contributed by atoms with E-state index >= 15 is 0 Å². The zero-order valence-corrected chi connectivity index (χ0v) is 32.2. The van der Waals surface area contributed by atoms with E-state index in [0.29, 0.717) is 17.8 Å². The maximum atomic E-state index is 5.76.